The third-order valence-electron chi connectivity index (χ3n) is 3.70. The van der Waals surface area contributed by atoms with Crippen LogP contribution in [0.3, 0.4) is 0 Å². The highest BCUT2D eigenvalue weighted by Gasteiger charge is 2.15. The summed E-state index contributed by atoms with van der Waals surface area (Å²) in [5, 5.41) is 5.10. The van der Waals surface area contributed by atoms with Gasteiger partial charge in [-0.15, -0.1) is 11.8 Å². The topological polar surface area (TPSA) is 12.0 Å². The van der Waals surface area contributed by atoms with Gasteiger partial charge in [0.15, 0.2) is 0 Å². The number of hydrogen-bond acceptors (Lipinski definition) is 2. The van der Waals surface area contributed by atoms with Crippen molar-refractivity contribution >= 4 is 35.0 Å². The lowest BCUT2D eigenvalue weighted by Crippen LogP contribution is -2.16. The molecular weight excluding hydrogens is 321 g/mol. The molecule has 1 heterocycles. The first-order valence-electron chi connectivity index (χ1n) is 7.12. The first-order chi connectivity index (χ1) is 10.2. The van der Waals surface area contributed by atoms with Crippen LogP contribution >= 0.6 is 35.0 Å². The van der Waals surface area contributed by atoms with E-state index < -0.39 is 0 Å². The number of thioether (sulfide) groups is 1. The molecule has 1 aliphatic heterocycles. The zero-order valence-corrected chi connectivity index (χ0v) is 14.0. The first kappa shape index (κ1) is 15.2. The molecule has 0 atom stereocenters. The fraction of sp³-hybridized carbons (Fsp3) is 0.294. The summed E-state index contributed by atoms with van der Waals surface area (Å²) < 4.78 is 0. The lowest BCUT2D eigenvalue weighted by molar-refractivity contribution is 0.709. The van der Waals surface area contributed by atoms with Crippen molar-refractivity contribution in [1.29, 1.82) is 0 Å². The van der Waals surface area contributed by atoms with Crippen LogP contribution in [0.2, 0.25) is 10.0 Å². The molecule has 4 heteroatoms. The minimum Gasteiger partial charge on any atom is -0.316 e. The zero-order valence-electron chi connectivity index (χ0n) is 11.7. The van der Waals surface area contributed by atoms with Crippen LogP contribution in [0.5, 0.6) is 0 Å². The van der Waals surface area contributed by atoms with E-state index in [4.69, 9.17) is 23.2 Å². The van der Waals surface area contributed by atoms with Crippen molar-refractivity contribution in [2.24, 2.45) is 0 Å². The zero-order chi connectivity index (χ0) is 14.7. The van der Waals surface area contributed by atoms with Crippen LogP contribution < -0.4 is 5.32 Å². The first-order valence-corrected chi connectivity index (χ1v) is 8.86. The highest BCUT2D eigenvalue weighted by atomic mass is 35.5. The molecule has 1 N–H and O–H groups in total. The molecular formula is C17H17Cl2NS. The van der Waals surface area contributed by atoms with Gasteiger partial charge in [-0.05, 0) is 60.8 Å². The largest absolute Gasteiger partial charge is 0.316 e. The Morgan fingerprint density at radius 1 is 1.05 bits per heavy atom. The van der Waals surface area contributed by atoms with E-state index in [1.807, 2.05) is 36.0 Å². The summed E-state index contributed by atoms with van der Waals surface area (Å²) in [6.45, 7) is 2.07. The maximum Gasteiger partial charge on any atom is 0.0544 e. The van der Waals surface area contributed by atoms with Crippen LogP contribution in [0.15, 0.2) is 41.3 Å². The lowest BCUT2D eigenvalue weighted by atomic mass is 10.0. The third kappa shape index (κ3) is 3.75. The SMILES string of the molecule is Clc1cccc(CSc2c(Cl)ccc3c2CCNCC3)c1. The molecule has 2 aromatic carbocycles. The van der Waals surface area contributed by atoms with Gasteiger partial charge in [0, 0.05) is 15.7 Å². The van der Waals surface area contributed by atoms with Crippen molar-refractivity contribution in [3.8, 4) is 0 Å². The van der Waals surface area contributed by atoms with Crippen LogP contribution in [0, 0.1) is 0 Å². The number of rotatable bonds is 3. The highest BCUT2D eigenvalue weighted by Crippen LogP contribution is 2.36. The Morgan fingerprint density at radius 2 is 1.90 bits per heavy atom. The van der Waals surface area contributed by atoms with Crippen molar-refractivity contribution < 1.29 is 0 Å². The molecule has 2 aromatic rings. The minimum absolute atomic E-state index is 0.787. The van der Waals surface area contributed by atoms with E-state index >= 15 is 0 Å². The van der Waals surface area contributed by atoms with Crippen LogP contribution in [-0.2, 0) is 18.6 Å². The molecule has 0 fully saturated rings. The molecule has 21 heavy (non-hydrogen) atoms. The van der Waals surface area contributed by atoms with Gasteiger partial charge >= 0.3 is 0 Å². The fourth-order valence-corrected chi connectivity index (χ4v) is 4.31. The second-order valence-corrected chi connectivity index (χ2v) is 7.01. The summed E-state index contributed by atoms with van der Waals surface area (Å²) in [4.78, 5) is 1.23. The van der Waals surface area contributed by atoms with Gasteiger partial charge in [0.05, 0.1) is 5.02 Å². The van der Waals surface area contributed by atoms with Crippen molar-refractivity contribution in [3.63, 3.8) is 0 Å². The smallest absolute Gasteiger partial charge is 0.0544 e. The normalized spacial score (nSPS) is 14.6. The number of benzene rings is 2. The summed E-state index contributed by atoms with van der Waals surface area (Å²) >= 11 is 14.3. The standard InChI is InChI=1S/C17H17Cl2NS/c18-14-3-1-2-12(10-14)11-21-17-15-7-9-20-8-6-13(15)4-5-16(17)19/h1-5,10,20H,6-9,11H2. The van der Waals surface area contributed by atoms with Crippen molar-refractivity contribution in [3.05, 3.63) is 63.1 Å². The predicted molar refractivity (Wildman–Crippen MR) is 92.7 cm³/mol. The van der Waals surface area contributed by atoms with E-state index in [-0.39, 0.29) is 0 Å². The highest BCUT2D eigenvalue weighted by molar-refractivity contribution is 7.98. The average molecular weight is 338 g/mol. The van der Waals surface area contributed by atoms with Crippen molar-refractivity contribution in [2.75, 3.05) is 13.1 Å². The minimum atomic E-state index is 0.787. The molecule has 0 saturated carbocycles. The molecule has 0 unspecified atom stereocenters. The Hall–Kier alpha value is -0.670. The van der Waals surface area contributed by atoms with Crippen molar-refractivity contribution in [2.45, 2.75) is 23.5 Å². The predicted octanol–water partition coefficient (Wildman–Crippen LogP) is 4.97. The second kappa shape index (κ2) is 7.06. The van der Waals surface area contributed by atoms with Crippen molar-refractivity contribution in [1.82, 2.24) is 5.32 Å². The Labute approximate surface area is 140 Å². The number of hydrogen-bond donors (Lipinski definition) is 1. The van der Waals surface area contributed by atoms with Gasteiger partial charge in [-0.3, -0.25) is 0 Å². The third-order valence-corrected chi connectivity index (χ3v) is 5.60. The molecule has 1 aliphatic rings. The number of fused-ring (bicyclic) bond motifs is 1. The van der Waals surface area contributed by atoms with Crippen LogP contribution in [0.4, 0.5) is 0 Å². The van der Waals surface area contributed by atoms with Gasteiger partial charge in [-0.25, -0.2) is 0 Å². The maximum absolute atomic E-state index is 6.44. The van der Waals surface area contributed by atoms with E-state index in [0.717, 1.165) is 41.7 Å². The summed E-state index contributed by atoms with van der Waals surface area (Å²) in [5.74, 6) is 0.893. The fourth-order valence-electron chi connectivity index (χ4n) is 2.65. The average Bonchev–Trinajstić information content (AvgIpc) is 2.72. The summed E-state index contributed by atoms with van der Waals surface area (Å²) in [7, 11) is 0. The molecule has 110 valence electrons. The molecule has 1 nitrogen and oxygen atoms in total. The number of nitrogens with one attached hydrogen (secondary N) is 1. The van der Waals surface area contributed by atoms with Crippen LogP contribution in [0.1, 0.15) is 16.7 Å². The molecule has 0 radical (unpaired) electrons. The molecule has 0 bridgehead atoms. The van der Waals surface area contributed by atoms with E-state index in [2.05, 4.69) is 17.4 Å². The van der Waals surface area contributed by atoms with Gasteiger partial charge in [0.25, 0.3) is 0 Å². The van der Waals surface area contributed by atoms with Crippen LogP contribution in [0.25, 0.3) is 0 Å². The Bertz CT molecular complexity index is 643. The van der Waals surface area contributed by atoms with Gasteiger partial charge in [-0.1, -0.05) is 41.4 Å². The monoisotopic (exact) mass is 337 g/mol. The molecule has 0 saturated heterocycles. The molecule has 0 aromatic heterocycles. The van der Waals surface area contributed by atoms with Crippen LogP contribution in [-0.4, -0.2) is 13.1 Å². The van der Waals surface area contributed by atoms with E-state index in [0.29, 0.717) is 0 Å². The van der Waals surface area contributed by atoms with Gasteiger partial charge < -0.3 is 5.32 Å². The Morgan fingerprint density at radius 3 is 2.76 bits per heavy atom. The molecule has 0 amide bonds. The van der Waals surface area contributed by atoms with Gasteiger partial charge in [0.1, 0.15) is 0 Å². The van der Waals surface area contributed by atoms with Gasteiger partial charge in [-0.2, -0.15) is 0 Å². The Kier molecular flexibility index (Phi) is 5.12. The number of halogens is 2. The summed E-state index contributed by atoms with van der Waals surface area (Å²) in [5.41, 5.74) is 4.07. The molecule has 0 aliphatic carbocycles. The van der Waals surface area contributed by atoms with E-state index in [1.165, 1.54) is 21.6 Å². The van der Waals surface area contributed by atoms with Gasteiger partial charge in [0.2, 0.25) is 0 Å². The van der Waals surface area contributed by atoms with E-state index in [1.54, 1.807) is 0 Å². The Balaban J connectivity index is 1.84. The molecule has 3 rings (SSSR count). The van der Waals surface area contributed by atoms with E-state index in [9.17, 15) is 0 Å². The molecule has 0 spiro atoms. The summed E-state index contributed by atoms with van der Waals surface area (Å²) in [6, 6.07) is 12.2. The summed E-state index contributed by atoms with van der Waals surface area (Å²) in [6.07, 6.45) is 2.13. The maximum atomic E-state index is 6.44. The second-order valence-electron chi connectivity index (χ2n) is 5.18. The lowest BCUT2D eigenvalue weighted by Gasteiger charge is -2.14. The quantitative estimate of drug-likeness (QED) is 0.793.